The summed E-state index contributed by atoms with van der Waals surface area (Å²) in [5.74, 6) is -0.990. The van der Waals surface area contributed by atoms with Crippen LogP contribution in [0.15, 0.2) is 53.6 Å². The van der Waals surface area contributed by atoms with Crippen molar-refractivity contribution in [2.45, 2.75) is 0 Å². The van der Waals surface area contributed by atoms with Crippen LogP contribution in [0.1, 0.15) is 5.56 Å². The molecule has 2 rings (SSSR count). The molecule has 0 aliphatic carbocycles. The molecule has 0 bridgehead atoms. The average Bonchev–Trinajstić information content (AvgIpc) is 2.46. The molecule has 2 aromatic carbocycles. The van der Waals surface area contributed by atoms with Crippen molar-refractivity contribution in [1.29, 1.82) is 0 Å². The lowest BCUT2D eigenvalue weighted by molar-refractivity contribution is -0.123. The standard InChI is InChI=1S/C15H12ClFN2O2/c16-12-5-3-4-11(8-12)9-18-19-15(20)10-21-14-7-2-1-6-13(14)17/h1-9H,10H2,(H,19,20)/b18-9-. The molecule has 6 heteroatoms. The summed E-state index contributed by atoms with van der Waals surface area (Å²) in [6.45, 7) is -0.326. The Hall–Kier alpha value is -2.40. The Morgan fingerprint density at radius 3 is 2.86 bits per heavy atom. The quantitative estimate of drug-likeness (QED) is 0.682. The van der Waals surface area contributed by atoms with E-state index in [2.05, 4.69) is 10.5 Å². The van der Waals surface area contributed by atoms with Crippen molar-refractivity contribution < 1.29 is 13.9 Å². The van der Waals surface area contributed by atoms with E-state index in [9.17, 15) is 9.18 Å². The number of hydrogen-bond donors (Lipinski definition) is 1. The summed E-state index contributed by atoms with van der Waals surface area (Å²) in [5.41, 5.74) is 3.03. The van der Waals surface area contributed by atoms with E-state index in [1.807, 2.05) is 0 Å². The third kappa shape index (κ3) is 4.89. The zero-order valence-electron chi connectivity index (χ0n) is 10.9. The van der Waals surface area contributed by atoms with Gasteiger partial charge in [-0.1, -0.05) is 35.9 Å². The first-order chi connectivity index (χ1) is 10.1. The number of hydrogen-bond acceptors (Lipinski definition) is 3. The summed E-state index contributed by atoms with van der Waals surface area (Å²) < 4.78 is 18.3. The molecule has 1 N–H and O–H groups in total. The molecule has 0 aliphatic rings. The number of para-hydroxylation sites is 1. The summed E-state index contributed by atoms with van der Waals surface area (Å²) in [6, 6.07) is 12.9. The normalized spacial score (nSPS) is 10.6. The minimum Gasteiger partial charge on any atom is -0.481 e. The van der Waals surface area contributed by atoms with E-state index in [4.69, 9.17) is 16.3 Å². The largest absolute Gasteiger partial charge is 0.481 e. The van der Waals surface area contributed by atoms with Crippen molar-refractivity contribution in [3.05, 3.63) is 64.9 Å². The monoisotopic (exact) mass is 306 g/mol. The van der Waals surface area contributed by atoms with Crippen LogP contribution < -0.4 is 10.2 Å². The van der Waals surface area contributed by atoms with E-state index in [1.54, 1.807) is 30.3 Å². The lowest BCUT2D eigenvalue weighted by Gasteiger charge is -2.05. The Labute approximate surface area is 126 Å². The van der Waals surface area contributed by atoms with Gasteiger partial charge in [-0.15, -0.1) is 0 Å². The molecule has 1 amide bonds. The minimum absolute atomic E-state index is 0.0199. The van der Waals surface area contributed by atoms with Crippen molar-refractivity contribution in [2.24, 2.45) is 5.10 Å². The van der Waals surface area contributed by atoms with Gasteiger partial charge in [0.05, 0.1) is 6.21 Å². The summed E-state index contributed by atoms with van der Waals surface area (Å²) >= 11 is 5.81. The van der Waals surface area contributed by atoms with Crippen LogP contribution in [0.5, 0.6) is 5.75 Å². The van der Waals surface area contributed by atoms with Crippen LogP contribution in [-0.4, -0.2) is 18.7 Å². The van der Waals surface area contributed by atoms with Gasteiger partial charge in [0, 0.05) is 5.02 Å². The van der Waals surface area contributed by atoms with Crippen molar-refractivity contribution >= 4 is 23.7 Å². The zero-order valence-corrected chi connectivity index (χ0v) is 11.7. The summed E-state index contributed by atoms with van der Waals surface area (Å²) in [4.78, 5) is 11.5. The second-order valence-corrected chi connectivity index (χ2v) is 4.50. The molecule has 0 atom stereocenters. The number of nitrogens with one attached hydrogen (secondary N) is 1. The molecule has 0 unspecified atom stereocenters. The minimum atomic E-state index is -0.521. The third-order valence-corrected chi connectivity index (χ3v) is 2.68. The number of carbonyl (C=O) groups excluding carboxylic acids is 1. The van der Waals surface area contributed by atoms with E-state index >= 15 is 0 Å². The highest BCUT2D eigenvalue weighted by molar-refractivity contribution is 6.30. The number of hydrazone groups is 1. The topological polar surface area (TPSA) is 50.7 Å². The fourth-order valence-corrected chi connectivity index (χ4v) is 1.70. The highest BCUT2D eigenvalue weighted by Gasteiger charge is 2.05. The van der Waals surface area contributed by atoms with Crippen LogP contribution in [0, 0.1) is 5.82 Å². The molecular weight excluding hydrogens is 295 g/mol. The zero-order chi connectivity index (χ0) is 15.1. The van der Waals surface area contributed by atoms with E-state index in [-0.39, 0.29) is 12.4 Å². The van der Waals surface area contributed by atoms with E-state index < -0.39 is 11.7 Å². The molecule has 0 spiro atoms. The van der Waals surface area contributed by atoms with Gasteiger partial charge >= 0.3 is 0 Å². The number of rotatable bonds is 5. The molecule has 0 heterocycles. The maximum atomic E-state index is 13.3. The first-order valence-corrected chi connectivity index (χ1v) is 6.48. The predicted molar refractivity (Wildman–Crippen MR) is 79.1 cm³/mol. The van der Waals surface area contributed by atoms with Crippen LogP contribution >= 0.6 is 11.6 Å². The first kappa shape index (κ1) is 15.0. The number of benzene rings is 2. The molecule has 0 aromatic heterocycles. The van der Waals surface area contributed by atoms with Gasteiger partial charge in [-0.3, -0.25) is 4.79 Å². The molecule has 0 fully saturated rings. The van der Waals surface area contributed by atoms with Gasteiger partial charge in [0.15, 0.2) is 18.2 Å². The second kappa shape index (κ2) is 7.40. The number of halogens is 2. The molecule has 2 aromatic rings. The SMILES string of the molecule is O=C(COc1ccccc1F)N/N=C\c1cccc(Cl)c1. The maximum absolute atomic E-state index is 13.3. The van der Waals surface area contributed by atoms with Gasteiger partial charge in [-0.05, 0) is 29.8 Å². The van der Waals surface area contributed by atoms with E-state index in [0.29, 0.717) is 5.02 Å². The predicted octanol–water partition coefficient (Wildman–Crippen LogP) is 3.01. The van der Waals surface area contributed by atoms with Crippen LogP contribution in [-0.2, 0) is 4.79 Å². The van der Waals surface area contributed by atoms with Crippen LogP contribution in [0.2, 0.25) is 5.02 Å². The van der Waals surface area contributed by atoms with Crippen LogP contribution in [0.4, 0.5) is 4.39 Å². The molecule has 21 heavy (non-hydrogen) atoms. The third-order valence-electron chi connectivity index (χ3n) is 2.45. The summed E-state index contributed by atoms with van der Waals surface area (Å²) in [7, 11) is 0. The highest BCUT2D eigenvalue weighted by Crippen LogP contribution is 2.14. The molecule has 4 nitrogen and oxygen atoms in total. The summed E-state index contributed by atoms with van der Waals surface area (Å²) in [5, 5.41) is 4.34. The van der Waals surface area contributed by atoms with Gasteiger partial charge in [-0.2, -0.15) is 5.10 Å². The Bertz CT molecular complexity index is 662. The van der Waals surface area contributed by atoms with Gasteiger partial charge in [0.2, 0.25) is 0 Å². The smallest absolute Gasteiger partial charge is 0.277 e. The van der Waals surface area contributed by atoms with Gasteiger partial charge in [0.1, 0.15) is 0 Å². The van der Waals surface area contributed by atoms with Crippen molar-refractivity contribution in [3.63, 3.8) is 0 Å². The number of carbonyl (C=O) groups is 1. The molecule has 0 radical (unpaired) electrons. The fraction of sp³-hybridized carbons (Fsp3) is 0.0667. The van der Waals surface area contributed by atoms with Crippen molar-refractivity contribution in [2.75, 3.05) is 6.61 Å². The van der Waals surface area contributed by atoms with Crippen molar-refractivity contribution in [3.8, 4) is 5.75 Å². The Morgan fingerprint density at radius 2 is 2.10 bits per heavy atom. The number of ether oxygens (including phenoxy) is 1. The van der Waals surface area contributed by atoms with Crippen LogP contribution in [0.25, 0.3) is 0 Å². The number of amides is 1. The van der Waals surface area contributed by atoms with Gasteiger partial charge < -0.3 is 4.74 Å². The second-order valence-electron chi connectivity index (χ2n) is 4.07. The maximum Gasteiger partial charge on any atom is 0.277 e. The van der Waals surface area contributed by atoms with E-state index in [1.165, 1.54) is 24.4 Å². The van der Waals surface area contributed by atoms with Crippen molar-refractivity contribution in [1.82, 2.24) is 5.43 Å². The Morgan fingerprint density at radius 1 is 1.29 bits per heavy atom. The molecule has 108 valence electrons. The Balaban J connectivity index is 1.81. The molecule has 0 saturated carbocycles. The lowest BCUT2D eigenvalue weighted by Crippen LogP contribution is -2.24. The highest BCUT2D eigenvalue weighted by atomic mass is 35.5. The average molecular weight is 307 g/mol. The molecule has 0 saturated heterocycles. The van der Waals surface area contributed by atoms with Crippen LogP contribution in [0.3, 0.4) is 0 Å². The lowest BCUT2D eigenvalue weighted by atomic mass is 10.2. The summed E-state index contributed by atoms with van der Waals surface area (Å²) in [6.07, 6.45) is 1.45. The Kier molecular flexibility index (Phi) is 5.29. The molecular formula is C15H12ClFN2O2. The first-order valence-electron chi connectivity index (χ1n) is 6.10. The molecule has 0 aliphatic heterocycles. The fourth-order valence-electron chi connectivity index (χ4n) is 1.50. The van der Waals surface area contributed by atoms with E-state index in [0.717, 1.165) is 5.56 Å². The van der Waals surface area contributed by atoms with Gasteiger partial charge in [0.25, 0.3) is 5.91 Å². The number of nitrogens with zero attached hydrogens (tertiary/aromatic N) is 1. The van der Waals surface area contributed by atoms with Gasteiger partial charge in [-0.25, -0.2) is 9.82 Å².